The smallest absolute Gasteiger partial charge is 0.393 e. The fourth-order valence-electron chi connectivity index (χ4n) is 9.09. The number of nitrogens with zero attached hydrogens (tertiary/aromatic N) is 2. The maximum Gasteiger partial charge on any atom is 0.436 e. The molecule has 0 aromatic heterocycles. The number of nitrogens with one attached hydrogen (secondary N) is 1. The molecule has 6 heteroatoms. The first-order valence-corrected chi connectivity index (χ1v) is 14.5. The van der Waals surface area contributed by atoms with Gasteiger partial charge in [0, 0.05) is 25.0 Å². The van der Waals surface area contributed by atoms with Gasteiger partial charge in [0.25, 0.3) is 0 Å². The summed E-state index contributed by atoms with van der Waals surface area (Å²) < 4.78 is 0. The lowest BCUT2D eigenvalue weighted by Gasteiger charge is -2.61. The molecule has 0 aromatic rings. The highest BCUT2D eigenvalue weighted by atomic mass is 16.7. The predicted molar refractivity (Wildman–Crippen MR) is 141 cm³/mol. The third-order valence-corrected chi connectivity index (χ3v) is 11.0. The number of rotatable bonds is 7. The summed E-state index contributed by atoms with van der Waals surface area (Å²) >= 11 is 0. The van der Waals surface area contributed by atoms with Crippen molar-refractivity contribution in [1.82, 2.24) is 10.2 Å². The Balaban J connectivity index is 1.43. The molecular formula is C29H51N3O3. The molecule has 1 amide bonds. The Morgan fingerprint density at radius 2 is 1.80 bits per heavy atom. The van der Waals surface area contributed by atoms with E-state index in [9.17, 15) is 9.90 Å². The minimum absolute atomic E-state index is 0.0783. The van der Waals surface area contributed by atoms with Crippen LogP contribution in [0.25, 0.3) is 0 Å². The van der Waals surface area contributed by atoms with E-state index in [1.54, 1.807) is 4.90 Å². The van der Waals surface area contributed by atoms with E-state index in [1.165, 1.54) is 38.5 Å². The lowest BCUT2D eigenvalue weighted by Crippen LogP contribution is -2.54. The highest BCUT2D eigenvalue weighted by Crippen LogP contribution is 2.67. The average molecular weight is 490 g/mol. The van der Waals surface area contributed by atoms with E-state index in [4.69, 9.17) is 4.84 Å². The molecule has 0 spiro atoms. The van der Waals surface area contributed by atoms with Gasteiger partial charge in [-0.15, -0.1) is 0 Å². The Morgan fingerprint density at radius 1 is 1.09 bits per heavy atom. The molecule has 4 rings (SSSR count). The molecule has 0 aliphatic heterocycles. The largest absolute Gasteiger partial charge is 0.436 e. The second kappa shape index (κ2) is 10.7. The van der Waals surface area contributed by atoms with Crippen LogP contribution in [-0.4, -0.2) is 53.6 Å². The summed E-state index contributed by atoms with van der Waals surface area (Å²) in [5.74, 6) is 3.44. The zero-order chi connectivity index (χ0) is 25.4. The monoisotopic (exact) mass is 489 g/mol. The van der Waals surface area contributed by atoms with Crippen LogP contribution in [0.3, 0.4) is 0 Å². The molecule has 8 atom stereocenters. The molecule has 0 bridgehead atoms. The molecule has 35 heavy (non-hydrogen) atoms. The Hall–Kier alpha value is -1.14. The molecule has 4 fully saturated rings. The van der Waals surface area contributed by atoms with Crippen LogP contribution in [0.2, 0.25) is 0 Å². The van der Waals surface area contributed by atoms with E-state index in [0.717, 1.165) is 55.8 Å². The maximum atomic E-state index is 12.8. The van der Waals surface area contributed by atoms with Gasteiger partial charge in [0.05, 0.1) is 11.8 Å². The second-order valence-corrected chi connectivity index (χ2v) is 13.0. The van der Waals surface area contributed by atoms with Gasteiger partial charge in [0.1, 0.15) is 0 Å². The zero-order valence-corrected chi connectivity index (χ0v) is 23.2. The van der Waals surface area contributed by atoms with Gasteiger partial charge >= 0.3 is 6.09 Å². The number of amides is 1. The van der Waals surface area contributed by atoms with Crippen LogP contribution < -0.4 is 5.32 Å². The number of aliphatic hydroxyl groups is 1. The molecule has 0 unspecified atom stereocenters. The van der Waals surface area contributed by atoms with E-state index in [0.29, 0.717) is 23.8 Å². The summed E-state index contributed by atoms with van der Waals surface area (Å²) in [5, 5.41) is 18.0. The summed E-state index contributed by atoms with van der Waals surface area (Å²) in [6.07, 6.45) is 10.4. The van der Waals surface area contributed by atoms with Crippen molar-refractivity contribution in [2.45, 2.75) is 111 Å². The number of fused-ring (bicyclic) bond motifs is 5. The Morgan fingerprint density at radius 3 is 2.51 bits per heavy atom. The first kappa shape index (κ1) is 26.9. The summed E-state index contributed by atoms with van der Waals surface area (Å²) in [5.41, 5.74) is 1.66. The third-order valence-electron chi connectivity index (χ3n) is 11.0. The zero-order valence-electron chi connectivity index (χ0n) is 23.2. The van der Waals surface area contributed by atoms with Crippen molar-refractivity contribution in [3.8, 4) is 0 Å². The van der Waals surface area contributed by atoms with Gasteiger partial charge in [0.2, 0.25) is 0 Å². The molecule has 0 heterocycles. The standard InChI is InChI=1S/C29H51N3O3/c1-7-30-16-17-32(19(2)3)27(34)35-31-20(4)24-10-11-25-23-9-8-21-18-22(33)12-14-28(21,5)26(23)13-15-29(24,25)6/h19,21-26,30,33H,7-18H2,1-6H3/b31-20+/t21-,22-,23+,24-,25+,26+,28+,29-/m1/s1. The van der Waals surface area contributed by atoms with E-state index < -0.39 is 0 Å². The maximum absolute atomic E-state index is 12.8. The summed E-state index contributed by atoms with van der Waals surface area (Å²) in [6, 6.07) is 0.0812. The number of hydrogen-bond acceptors (Lipinski definition) is 5. The van der Waals surface area contributed by atoms with E-state index in [-0.39, 0.29) is 23.7 Å². The van der Waals surface area contributed by atoms with Crippen LogP contribution >= 0.6 is 0 Å². The molecule has 2 N–H and O–H groups in total. The lowest BCUT2D eigenvalue weighted by atomic mass is 9.44. The number of aliphatic hydroxyl groups excluding tert-OH is 1. The van der Waals surface area contributed by atoms with Gasteiger partial charge in [-0.2, -0.15) is 0 Å². The fraction of sp³-hybridized carbons (Fsp3) is 0.931. The van der Waals surface area contributed by atoms with Crippen LogP contribution in [-0.2, 0) is 4.84 Å². The lowest BCUT2D eigenvalue weighted by molar-refractivity contribution is -0.123. The highest BCUT2D eigenvalue weighted by Gasteiger charge is 2.60. The quantitative estimate of drug-likeness (QED) is 0.204. The van der Waals surface area contributed by atoms with Gasteiger partial charge in [-0.25, -0.2) is 4.79 Å². The van der Waals surface area contributed by atoms with E-state index >= 15 is 0 Å². The third kappa shape index (κ3) is 5.03. The Bertz CT molecular complexity index is 785. The number of oxime groups is 1. The SMILES string of the molecule is CCNCCN(C(=O)O/N=C(\C)[C@H]1CC[C@H]2[C@@H]3CC[C@@H]4C[C@H](O)CC[C@]4(C)[C@H]3CC[C@]12C)C(C)C. The number of likely N-dealkylation sites (N-methyl/N-ethyl adjacent to an activating group) is 1. The number of hydrogen-bond donors (Lipinski definition) is 2. The first-order valence-electron chi connectivity index (χ1n) is 14.5. The van der Waals surface area contributed by atoms with Crippen LogP contribution in [0.1, 0.15) is 99.3 Å². The van der Waals surface area contributed by atoms with Gasteiger partial charge < -0.3 is 15.3 Å². The Kier molecular flexibility index (Phi) is 8.22. The summed E-state index contributed by atoms with van der Waals surface area (Å²) in [4.78, 5) is 20.1. The van der Waals surface area contributed by atoms with Crippen molar-refractivity contribution in [3.05, 3.63) is 0 Å². The normalized spacial score (nSPS) is 41.2. The second-order valence-electron chi connectivity index (χ2n) is 13.0. The average Bonchev–Trinajstić information content (AvgIpc) is 3.17. The van der Waals surface area contributed by atoms with Crippen LogP contribution in [0.15, 0.2) is 5.16 Å². The fourth-order valence-corrected chi connectivity index (χ4v) is 9.09. The van der Waals surface area contributed by atoms with Crippen molar-refractivity contribution in [1.29, 1.82) is 0 Å². The minimum Gasteiger partial charge on any atom is -0.393 e. The Labute approximate surface area is 213 Å². The summed E-state index contributed by atoms with van der Waals surface area (Å²) in [6.45, 7) is 15.5. The molecule has 0 aromatic carbocycles. The van der Waals surface area contributed by atoms with E-state index in [1.807, 2.05) is 13.8 Å². The van der Waals surface area contributed by atoms with Crippen molar-refractivity contribution in [3.63, 3.8) is 0 Å². The van der Waals surface area contributed by atoms with Gasteiger partial charge in [-0.1, -0.05) is 25.9 Å². The highest BCUT2D eigenvalue weighted by molar-refractivity contribution is 5.85. The number of carbonyl (C=O) groups is 1. The number of carbonyl (C=O) groups excluding carboxylic acids is 1. The van der Waals surface area contributed by atoms with E-state index in [2.05, 4.69) is 38.2 Å². The van der Waals surface area contributed by atoms with Crippen molar-refractivity contribution in [2.24, 2.45) is 45.6 Å². The molecule has 4 aliphatic carbocycles. The molecule has 6 nitrogen and oxygen atoms in total. The van der Waals surface area contributed by atoms with Crippen LogP contribution in [0.4, 0.5) is 4.79 Å². The van der Waals surface area contributed by atoms with Crippen molar-refractivity contribution in [2.75, 3.05) is 19.6 Å². The molecule has 200 valence electrons. The van der Waals surface area contributed by atoms with Gasteiger partial charge in [-0.05, 0) is 120 Å². The molecule has 0 saturated heterocycles. The minimum atomic E-state index is -0.341. The van der Waals surface area contributed by atoms with Gasteiger partial charge in [0.15, 0.2) is 0 Å². The predicted octanol–water partition coefficient (Wildman–Crippen LogP) is 5.84. The topological polar surface area (TPSA) is 74.2 Å². The molecule has 4 aliphatic rings. The molecule has 0 radical (unpaired) electrons. The van der Waals surface area contributed by atoms with Crippen molar-refractivity contribution >= 4 is 11.8 Å². The first-order chi connectivity index (χ1) is 16.6. The molecule has 4 saturated carbocycles. The van der Waals surface area contributed by atoms with Crippen LogP contribution in [0.5, 0.6) is 0 Å². The van der Waals surface area contributed by atoms with Gasteiger partial charge in [-0.3, -0.25) is 4.84 Å². The van der Waals surface area contributed by atoms with Crippen molar-refractivity contribution < 1.29 is 14.7 Å². The molecular weight excluding hydrogens is 438 g/mol. The summed E-state index contributed by atoms with van der Waals surface area (Å²) in [7, 11) is 0. The van der Waals surface area contributed by atoms with Crippen LogP contribution in [0, 0.1) is 40.4 Å².